The Hall–Kier alpha value is -1.26. The lowest BCUT2D eigenvalue weighted by molar-refractivity contribution is -0.148. The molecule has 1 aliphatic carbocycles. The number of likely N-dealkylation sites (tertiary alicyclic amines) is 1. The van der Waals surface area contributed by atoms with E-state index in [-0.39, 0.29) is 6.03 Å². The van der Waals surface area contributed by atoms with Gasteiger partial charge in [0, 0.05) is 13.1 Å². The summed E-state index contributed by atoms with van der Waals surface area (Å²) in [5, 5.41) is 11.9. The predicted octanol–water partition coefficient (Wildman–Crippen LogP) is 1.44. The van der Waals surface area contributed by atoms with Crippen LogP contribution in [-0.4, -0.2) is 40.6 Å². The van der Waals surface area contributed by atoms with Gasteiger partial charge in [-0.2, -0.15) is 0 Å². The molecular weight excluding hydrogens is 220 g/mol. The first-order valence-corrected chi connectivity index (χ1v) is 6.34. The molecule has 2 amide bonds. The van der Waals surface area contributed by atoms with Crippen LogP contribution >= 0.6 is 0 Å². The molecule has 5 nitrogen and oxygen atoms in total. The number of carbonyl (C=O) groups excluding carboxylic acids is 1. The van der Waals surface area contributed by atoms with Crippen LogP contribution in [0.1, 0.15) is 39.0 Å². The number of carbonyl (C=O) groups is 2. The van der Waals surface area contributed by atoms with Crippen molar-refractivity contribution in [3.05, 3.63) is 0 Å². The number of nitrogens with zero attached hydrogens (tertiary/aromatic N) is 1. The lowest BCUT2D eigenvalue weighted by atomic mass is 9.77. The first kappa shape index (κ1) is 12.2. The van der Waals surface area contributed by atoms with E-state index in [9.17, 15) is 9.59 Å². The van der Waals surface area contributed by atoms with Crippen molar-refractivity contribution in [2.45, 2.75) is 44.6 Å². The van der Waals surface area contributed by atoms with Gasteiger partial charge in [0.25, 0.3) is 0 Å². The van der Waals surface area contributed by atoms with Gasteiger partial charge >= 0.3 is 12.0 Å². The van der Waals surface area contributed by atoms with Crippen LogP contribution in [-0.2, 0) is 4.79 Å². The van der Waals surface area contributed by atoms with Crippen LogP contribution in [0.25, 0.3) is 0 Å². The molecule has 1 atom stereocenters. The maximum atomic E-state index is 12.0. The molecule has 0 aromatic rings. The number of carboxylic acid groups (broad SMARTS) is 1. The minimum absolute atomic E-state index is 0.210. The van der Waals surface area contributed by atoms with Gasteiger partial charge in [-0.25, -0.2) is 9.59 Å². The van der Waals surface area contributed by atoms with Crippen LogP contribution < -0.4 is 5.32 Å². The summed E-state index contributed by atoms with van der Waals surface area (Å²) in [5.74, 6) is -0.390. The number of nitrogens with one attached hydrogen (secondary N) is 1. The third kappa shape index (κ3) is 2.37. The number of aliphatic carboxylic acids is 1. The summed E-state index contributed by atoms with van der Waals surface area (Å²) >= 11 is 0. The number of hydrogen-bond donors (Lipinski definition) is 2. The van der Waals surface area contributed by atoms with Gasteiger partial charge in [-0.1, -0.05) is 6.92 Å². The molecule has 0 aromatic carbocycles. The Bertz CT molecular complexity index is 326. The van der Waals surface area contributed by atoms with E-state index in [4.69, 9.17) is 5.11 Å². The van der Waals surface area contributed by atoms with Crippen molar-refractivity contribution < 1.29 is 14.7 Å². The largest absolute Gasteiger partial charge is 0.480 e. The Kier molecular flexibility index (Phi) is 3.26. The highest BCUT2D eigenvalue weighted by atomic mass is 16.4. The minimum Gasteiger partial charge on any atom is -0.480 e. The smallest absolute Gasteiger partial charge is 0.329 e. The van der Waals surface area contributed by atoms with Gasteiger partial charge in [-0.05, 0) is 38.0 Å². The third-order valence-electron chi connectivity index (χ3n) is 3.91. The molecule has 0 bridgehead atoms. The summed E-state index contributed by atoms with van der Waals surface area (Å²) < 4.78 is 0. The molecule has 0 spiro atoms. The minimum atomic E-state index is -0.988. The highest BCUT2D eigenvalue weighted by Gasteiger charge is 2.46. The second-order valence-electron chi connectivity index (χ2n) is 5.36. The molecule has 2 rings (SSSR count). The second-order valence-corrected chi connectivity index (χ2v) is 5.36. The molecule has 2 N–H and O–H groups in total. The summed E-state index contributed by atoms with van der Waals surface area (Å²) in [6, 6.07) is -0.210. The fraction of sp³-hybridized carbons (Fsp3) is 0.833. The molecule has 1 heterocycles. The van der Waals surface area contributed by atoms with Crippen molar-refractivity contribution in [3.8, 4) is 0 Å². The van der Waals surface area contributed by atoms with E-state index >= 15 is 0 Å². The summed E-state index contributed by atoms with van der Waals surface area (Å²) in [6.07, 6.45) is 4.14. The summed E-state index contributed by atoms with van der Waals surface area (Å²) in [7, 11) is 0. The third-order valence-corrected chi connectivity index (χ3v) is 3.91. The van der Waals surface area contributed by atoms with Crippen LogP contribution in [0.5, 0.6) is 0 Å². The van der Waals surface area contributed by atoms with Crippen molar-refractivity contribution in [1.82, 2.24) is 10.2 Å². The SMILES string of the molecule is CC1CCCN(C(=O)NC2(C(=O)O)CCC2)C1. The zero-order valence-corrected chi connectivity index (χ0v) is 10.2. The zero-order valence-electron chi connectivity index (χ0n) is 10.2. The average Bonchev–Trinajstić information content (AvgIpc) is 2.22. The van der Waals surface area contributed by atoms with Crippen molar-refractivity contribution in [3.63, 3.8) is 0 Å². The Morgan fingerprint density at radius 1 is 1.35 bits per heavy atom. The maximum Gasteiger partial charge on any atom is 0.329 e. The Morgan fingerprint density at radius 3 is 2.53 bits per heavy atom. The van der Waals surface area contributed by atoms with Crippen molar-refractivity contribution in [1.29, 1.82) is 0 Å². The monoisotopic (exact) mass is 240 g/mol. The molecule has 0 radical (unpaired) electrons. The van der Waals surface area contributed by atoms with E-state index in [1.807, 2.05) is 0 Å². The second kappa shape index (κ2) is 4.55. The molecule has 1 aliphatic heterocycles. The molecule has 1 saturated carbocycles. The van der Waals surface area contributed by atoms with Gasteiger partial charge < -0.3 is 15.3 Å². The number of urea groups is 1. The number of carboxylic acids is 1. The first-order chi connectivity index (χ1) is 8.03. The molecule has 2 fully saturated rings. The van der Waals surface area contributed by atoms with E-state index in [0.29, 0.717) is 18.8 Å². The highest BCUT2D eigenvalue weighted by Crippen LogP contribution is 2.32. The van der Waals surface area contributed by atoms with Gasteiger partial charge in [0.05, 0.1) is 0 Å². The fourth-order valence-corrected chi connectivity index (χ4v) is 2.58. The maximum absolute atomic E-state index is 12.0. The van der Waals surface area contributed by atoms with E-state index in [1.165, 1.54) is 0 Å². The molecule has 96 valence electrons. The normalized spacial score (nSPS) is 27.1. The van der Waals surface area contributed by atoms with E-state index in [0.717, 1.165) is 32.4 Å². The Morgan fingerprint density at radius 2 is 2.06 bits per heavy atom. The molecule has 1 unspecified atom stereocenters. The standard InChI is InChI=1S/C12H20N2O3/c1-9-4-2-7-14(8-9)11(17)13-12(10(15)16)5-3-6-12/h9H,2-8H2,1H3,(H,13,17)(H,15,16). The van der Waals surface area contributed by atoms with Crippen molar-refractivity contribution >= 4 is 12.0 Å². The number of hydrogen-bond acceptors (Lipinski definition) is 2. The van der Waals surface area contributed by atoms with Gasteiger partial charge in [0.15, 0.2) is 0 Å². The highest BCUT2D eigenvalue weighted by molar-refractivity contribution is 5.87. The van der Waals surface area contributed by atoms with Gasteiger partial charge in [-0.3, -0.25) is 0 Å². The number of amides is 2. The summed E-state index contributed by atoms with van der Waals surface area (Å²) in [4.78, 5) is 24.9. The van der Waals surface area contributed by atoms with Gasteiger partial charge in [0.2, 0.25) is 0 Å². The number of rotatable bonds is 2. The fourth-order valence-electron chi connectivity index (χ4n) is 2.58. The van der Waals surface area contributed by atoms with E-state index < -0.39 is 11.5 Å². The Labute approximate surface area is 101 Å². The van der Waals surface area contributed by atoms with Crippen molar-refractivity contribution in [2.75, 3.05) is 13.1 Å². The van der Waals surface area contributed by atoms with Crippen LogP contribution in [0.2, 0.25) is 0 Å². The molecule has 17 heavy (non-hydrogen) atoms. The summed E-state index contributed by atoms with van der Waals surface area (Å²) in [6.45, 7) is 3.60. The number of piperidine rings is 1. The van der Waals surface area contributed by atoms with Crippen molar-refractivity contribution in [2.24, 2.45) is 5.92 Å². The quantitative estimate of drug-likeness (QED) is 0.767. The van der Waals surface area contributed by atoms with Crippen LogP contribution in [0.3, 0.4) is 0 Å². The molecular formula is C12H20N2O3. The lowest BCUT2D eigenvalue weighted by Crippen LogP contribution is -2.62. The summed E-state index contributed by atoms with van der Waals surface area (Å²) in [5.41, 5.74) is -0.988. The van der Waals surface area contributed by atoms with Crippen LogP contribution in [0.15, 0.2) is 0 Å². The topological polar surface area (TPSA) is 69.6 Å². The molecule has 2 aliphatic rings. The average molecular weight is 240 g/mol. The van der Waals surface area contributed by atoms with Gasteiger partial charge in [-0.15, -0.1) is 0 Å². The molecule has 5 heteroatoms. The molecule has 1 saturated heterocycles. The lowest BCUT2D eigenvalue weighted by Gasteiger charge is -2.41. The van der Waals surface area contributed by atoms with Crippen LogP contribution in [0.4, 0.5) is 4.79 Å². The Balaban J connectivity index is 1.94. The first-order valence-electron chi connectivity index (χ1n) is 6.34. The predicted molar refractivity (Wildman–Crippen MR) is 62.7 cm³/mol. The zero-order chi connectivity index (χ0) is 12.5. The van der Waals surface area contributed by atoms with Crippen LogP contribution in [0, 0.1) is 5.92 Å². The van der Waals surface area contributed by atoms with Gasteiger partial charge in [0.1, 0.15) is 5.54 Å². The van der Waals surface area contributed by atoms with E-state index in [2.05, 4.69) is 12.2 Å². The van der Waals surface area contributed by atoms with E-state index in [1.54, 1.807) is 4.90 Å². The molecule has 0 aromatic heterocycles.